The second-order valence-corrected chi connectivity index (χ2v) is 6.31. The fourth-order valence-electron chi connectivity index (χ4n) is 2.68. The van der Waals surface area contributed by atoms with Gasteiger partial charge in [-0.05, 0) is 24.1 Å². The van der Waals surface area contributed by atoms with E-state index in [1.165, 1.54) is 21.2 Å². The van der Waals surface area contributed by atoms with Crippen LogP contribution in [0, 0.1) is 6.92 Å². The highest BCUT2D eigenvalue weighted by molar-refractivity contribution is 7.25. The molecule has 2 heterocycles. The van der Waals surface area contributed by atoms with Crippen LogP contribution in [-0.2, 0) is 6.54 Å². The summed E-state index contributed by atoms with van der Waals surface area (Å²) >= 11 is 1.71. The minimum absolute atomic E-state index is 0.767. The van der Waals surface area contributed by atoms with Crippen LogP contribution >= 0.6 is 11.3 Å². The van der Waals surface area contributed by atoms with Crippen molar-refractivity contribution in [1.82, 2.24) is 9.97 Å². The molecule has 0 aliphatic rings. The third kappa shape index (κ3) is 2.22. The van der Waals surface area contributed by atoms with Crippen LogP contribution in [0.25, 0.3) is 20.3 Å². The largest absolute Gasteiger partial charge is 0.365 e. The highest BCUT2D eigenvalue weighted by Gasteiger charge is 2.11. The molecule has 2 aromatic carbocycles. The first-order chi connectivity index (χ1) is 10.8. The van der Waals surface area contributed by atoms with Gasteiger partial charge >= 0.3 is 0 Å². The van der Waals surface area contributed by atoms with Crippen LogP contribution in [-0.4, -0.2) is 9.97 Å². The van der Waals surface area contributed by atoms with Gasteiger partial charge in [0.1, 0.15) is 17.0 Å². The van der Waals surface area contributed by atoms with Gasteiger partial charge in [-0.25, -0.2) is 9.97 Å². The average molecular weight is 305 g/mol. The number of benzene rings is 2. The van der Waals surface area contributed by atoms with E-state index in [0.29, 0.717) is 0 Å². The van der Waals surface area contributed by atoms with Crippen LogP contribution in [0.3, 0.4) is 0 Å². The maximum Gasteiger partial charge on any atom is 0.139 e. The van der Waals surface area contributed by atoms with Crippen molar-refractivity contribution < 1.29 is 0 Å². The first kappa shape index (κ1) is 13.2. The highest BCUT2D eigenvalue weighted by Crippen LogP contribution is 2.35. The lowest BCUT2D eigenvalue weighted by Crippen LogP contribution is -2.03. The van der Waals surface area contributed by atoms with E-state index in [4.69, 9.17) is 0 Å². The monoisotopic (exact) mass is 305 g/mol. The zero-order valence-corrected chi connectivity index (χ0v) is 13.0. The zero-order chi connectivity index (χ0) is 14.9. The van der Waals surface area contributed by atoms with E-state index in [0.717, 1.165) is 22.6 Å². The molecule has 0 saturated heterocycles. The summed E-state index contributed by atoms with van der Waals surface area (Å²) in [5.74, 6) is 0.908. The molecule has 0 aliphatic carbocycles. The molecule has 0 aliphatic heterocycles. The van der Waals surface area contributed by atoms with Gasteiger partial charge in [0.25, 0.3) is 0 Å². The third-order valence-electron chi connectivity index (χ3n) is 3.88. The Morgan fingerprint density at radius 2 is 1.82 bits per heavy atom. The number of aromatic nitrogens is 2. The van der Waals surface area contributed by atoms with Crippen LogP contribution in [0.15, 0.2) is 54.9 Å². The molecule has 0 fully saturated rings. The summed E-state index contributed by atoms with van der Waals surface area (Å²) < 4.78 is 1.25. The number of aryl methyl sites for hydroxylation is 1. The predicted octanol–water partition coefficient (Wildman–Crippen LogP) is 4.77. The first-order valence-electron chi connectivity index (χ1n) is 7.23. The van der Waals surface area contributed by atoms with Gasteiger partial charge in [0.05, 0.1) is 5.39 Å². The number of hydrogen-bond acceptors (Lipinski definition) is 4. The average Bonchev–Trinajstić information content (AvgIpc) is 2.93. The molecule has 4 rings (SSSR count). The molecule has 22 heavy (non-hydrogen) atoms. The maximum atomic E-state index is 4.46. The third-order valence-corrected chi connectivity index (χ3v) is 4.96. The smallest absolute Gasteiger partial charge is 0.139 e. The lowest BCUT2D eigenvalue weighted by atomic mass is 10.1. The minimum atomic E-state index is 0.767. The Morgan fingerprint density at radius 1 is 1.00 bits per heavy atom. The molecule has 0 spiro atoms. The van der Waals surface area contributed by atoms with Gasteiger partial charge < -0.3 is 5.32 Å². The normalized spacial score (nSPS) is 11.1. The Labute approximate surface area is 132 Å². The standard InChI is InChI=1S/C18H15N3S/c1-12-6-2-3-7-13(12)10-19-17-16-14-8-4-5-9-15(14)22-18(16)21-11-20-17/h2-9,11H,10H2,1H3,(H,19,20,21). The van der Waals surface area contributed by atoms with E-state index in [2.05, 4.69) is 70.7 Å². The van der Waals surface area contributed by atoms with Crippen molar-refractivity contribution in [3.63, 3.8) is 0 Å². The number of thiophene rings is 1. The van der Waals surface area contributed by atoms with Crippen LogP contribution < -0.4 is 5.32 Å². The Morgan fingerprint density at radius 3 is 2.73 bits per heavy atom. The molecule has 1 N–H and O–H groups in total. The van der Waals surface area contributed by atoms with Gasteiger partial charge in [-0.15, -0.1) is 11.3 Å². The molecule has 4 aromatic rings. The number of fused-ring (bicyclic) bond motifs is 3. The number of hydrogen-bond donors (Lipinski definition) is 1. The first-order valence-corrected chi connectivity index (χ1v) is 8.05. The van der Waals surface area contributed by atoms with E-state index in [9.17, 15) is 0 Å². The van der Waals surface area contributed by atoms with Crippen LogP contribution in [0.5, 0.6) is 0 Å². The fourth-order valence-corrected chi connectivity index (χ4v) is 3.72. The van der Waals surface area contributed by atoms with Crippen molar-refractivity contribution in [1.29, 1.82) is 0 Å². The van der Waals surface area contributed by atoms with E-state index < -0.39 is 0 Å². The lowest BCUT2D eigenvalue weighted by Gasteiger charge is -2.09. The summed E-state index contributed by atoms with van der Waals surface area (Å²) in [6.45, 7) is 2.90. The fraction of sp³-hybridized carbons (Fsp3) is 0.111. The molecule has 2 aromatic heterocycles. The Balaban J connectivity index is 1.77. The van der Waals surface area contributed by atoms with Crippen LogP contribution in [0.2, 0.25) is 0 Å². The minimum Gasteiger partial charge on any atom is -0.365 e. The van der Waals surface area contributed by atoms with E-state index in [1.807, 2.05) is 0 Å². The summed E-state index contributed by atoms with van der Waals surface area (Å²) in [6.07, 6.45) is 1.64. The second-order valence-electron chi connectivity index (χ2n) is 5.28. The number of nitrogens with one attached hydrogen (secondary N) is 1. The lowest BCUT2D eigenvalue weighted by molar-refractivity contribution is 1.09. The molecule has 0 unspecified atom stereocenters. The second kappa shape index (κ2) is 5.39. The van der Waals surface area contributed by atoms with Crippen molar-refractivity contribution in [2.75, 3.05) is 5.32 Å². The van der Waals surface area contributed by atoms with Gasteiger partial charge in [-0.2, -0.15) is 0 Å². The Kier molecular flexibility index (Phi) is 3.24. The summed E-state index contributed by atoms with van der Waals surface area (Å²) in [7, 11) is 0. The van der Waals surface area contributed by atoms with E-state index in [-0.39, 0.29) is 0 Å². The van der Waals surface area contributed by atoms with Crippen molar-refractivity contribution >= 4 is 37.5 Å². The summed E-state index contributed by atoms with van der Waals surface area (Å²) in [5, 5.41) is 5.82. The highest BCUT2D eigenvalue weighted by atomic mass is 32.1. The topological polar surface area (TPSA) is 37.8 Å². The predicted molar refractivity (Wildman–Crippen MR) is 93.4 cm³/mol. The molecule has 3 nitrogen and oxygen atoms in total. The molecular formula is C18H15N3S. The van der Waals surface area contributed by atoms with Crippen molar-refractivity contribution in [3.05, 3.63) is 66.0 Å². The molecule has 0 bridgehead atoms. The molecular weight excluding hydrogens is 290 g/mol. The SMILES string of the molecule is Cc1ccccc1CNc1ncnc2sc3ccccc3c12. The van der Waals surface area contributed by atoms with Gasteiger partial charge in [0, 0.05) is 16.6 Å². The quantitative estimate of drug-likeness (QED) is 0.592. The van der Waals surface area contributed by atoms with E-state index >= 15 is 0 Å². The summed E-state index contributed by atoms with van der Waals surface area (Å²) in [6, 6.07) is 16.8. The van der Waals surface area contributed by atoms with Gasteiger partial charge in [0.2, 0.25) is 0 Å². The van der Waals surface area contributed by atoms with Crippen molar-refractivity contribution in [2.45, 2.75) is 13.5 Å². The van der Waals surface area contributed by atoms with E-state index in [1.54, 1.807) is 17.7 Å². The van der Waals surface area contributed by atoms with Crippen LogP contribution in [0.1, 0.15) is 11.1 Å². The molecule has 108 valence electrons. The van der Waals surface area contributed by atoms with Crippen molar-refractivity contribution in [3.8, 4) is 0 Å². The van der Waals surface area contributed by atoms with Crippen LogP contribution in [0.4, 0.5) is 5.82 Å². The molecule has 4 heteroatoms. The maximum absolute atomic E-state index is 4.46. The summed E-state index contributed by atoms with van der Waals surface area (Å²) in [5.41, 5.74) is 2.57. The molecule has 0 amide bonds. The van der Waals surface area contributed by atoms with Crippen molar-refractivity contribution in [2.24, 2.45) is 0 Å². The summed E-state index contributed by atoms with van der Waals surface area (Å²) in [4.78, 5) is 9.91. The number of anilines is 1. The number of nitrogens with zero attached hydrogens (tertiary/aromatic N) is 2. The van der Waals surface area contributed by atoms with Gasteiger partial charge in [-0.1, -0.05) is 42.5 Å². The molecule has 0 radical (unpaired) electrons. The zero-order valence-electron chi connectivity index (χ0n) is 12.2. The van der Waals surface area contributed by atoms with Gasteiger partial charge in [-0.3, -0.25) is 0 Å². The van der Waals surface area contributed by atoms with Gasteiger partial charge in [0.15, 0.2) is 0 Å². The number of rotatable bonds is 3. The molecule has 0 atom stereocenters. The Hall–Kier alpha value is -2.46. The molecule has 0 saturated carbocycles. The Bertz CT molecular complexity index is 959.